The van der Waals surface area contributed by atoms with Crippen LogP contribution >= 0.6 is 0 Å². The Labute approximate surface area is 200 Å². The second-order valence-electron chi connectivity index (χ2n) is 9.64. The number of carbonyl (C=O) groups is 3. The van der Waals surface area contributed by atoms with Crippen molar-refractivity contribution in [3.63, 3.8) is 0 Å². The number of nitrogens with zero attached hydrogens (tertiary/aromatic N) is 1. The molecule has 1 unspecified atom stereocenters. The number of hydrogen-bond donors (Lipinski definition) is 3. The number of nitrogens with one attached hydrogen (secondary N) is 2. The molecule has 0 saturated heterocycles. The van der Waals surface area contributed by atoms with Crippen molar-refractivity contribution < 1.29 is 24.2 Å². The largest absolute Gasteiger partial charge is 0.508 e. The van der Waals surface area contributed by atoms with Gasteiger partial charge in [0, 0.05) is 11.7 Å². The van der Waals surface area contributed by atoms with Gasteiger partial charge in [0.15, 0.2) is 0 Å². The van der Waals surface area contributed by atoms with Gasteiger partial charge in [-0.25, -0.2) is 4.79 Å². The number of amides is 3. The molecule has 3 N–H and O–H groups in total. The van der Waals surface area contributed by atoms with Gasteiger partial charge < -0.3 is 25.4 Å². The van der Waals surface area contributed by atoms with Gasteiger partial charge in [-0.15, -0.1) is 0 Å². The van der Waals surface area contributed by atoms with E-state index in [1.165, 1.54) is 11.0 Å². The minimum Gasteiger partial charge on any atom is -0.508 e. The average molecular weight is 468 g/mol. The summed E-state index contributed by atoms with van der Waals surface area (Å²) in [5, 5.41) is 15.5. The quantitative estimate of drug-likeness (QED) is 0.566. The molecule has 3 rings (SSSR count). The summed E-state index contributed by atoms with van der Waals surface area (Å²) in [6.45, 7) is 8.56. The Kier molecular flexibility index (Phi) is 7.49. The van der Waals surface area contributed by atoms with Crippen LogP contribution in [0.1, 0.15) is 56.3 Å². The molecular weight excluding hydrogens is 434 g/mol. The van der Waals surface area contributed by atoms with Gasteiger partial charge in [-0.3, -0.25) is 9.59 Å². The molecule has 2 aromatic rings. The zero-order valence-corrected chi connectivity index (χ0v) is 20.3. The fraction of sp³-hybridized carbons (Fsp3) is 0.423. The second kappa shape index (κ2) is 10.2. The number of rotatable bonds is 7. The molecule has 34 heavy (non-hydrogen) atoms. The summed E-state index contributed by atoms with van der Waals surface area (Å²) in [7, 11) is 0. The monoisotopic (exact) mass is 467 g/mol. The van der Waals surface area contributed by atoms with Crippen LogP contribution in [0.15, 0.2) is 42.5 Å². The zero-order valence-electron chi connectivity index (χ0n) is 20.3. The number of anilines is 1. The number of carbonyl (C=O) groups excluding carboxylic acids is 3. The highest BCUT2D eigenvalue weighted by molar-refractivity contribution is 5.99. The van der Waals surface area contributed by atoms with E-state index >= 15 is 0 Å². The third-order valence-corrected chi connectivity index (χ3v) is 5.48. The molecule has 1 aliphatic carbocycles. The maximum Gasteiger partial charge on any atom is 0.408 e. The first-order valence-corrected chi connectivity index (χ1v) is 11.4. The molecule has 1 atom stereocenters. The predicted molar refractivity (Wildman–Crippen MR) is 129 cm³/mol. The highest BCUT2D eigenvalue weighted by atomic mass is 16.6. The van der Waals surface area contributed by atoms with E-state index in [0.717, 1.165) is 18.4 Å². The Morgan fingerprint density at radius 2 is 1.76 bits per heavy atom. The van der Waals surface area contributed by atoms with E-state index in [0.29, 0.717) is 16.8 Å². The third-order valence-electron chi connectivity index (χ3n) is 5.48. The second-order valence-corrected chi connectivity index (χ2v) is 9.64. The van der Waals surface area contributed by atoms with Crippen molar-refractivity contribution in [1.29, 1.82) is 0 Å². The van der Waals surface area contributed by atoms with Gasteiger partial charge >= 0.3 is 6.09 Å². The Morgan fingerprint density at radius 1 is 1.09 bits per heavy atom. The van der Waals surface area contributed by atoms with Crippen LogP contribution in [0.4, 0.5) is 10.5 Å². The lowest BCUT2D eigenvalue weighted by Crippen LogP contribution is -2.47. The first kappa shape index (κ1) is 25.1. The van der Waals surface area contributed by atoms with Crippen molar-refractivity contribution in [3.05, 3.63) is 59.2 Å². The van der Waals surface area contributed by atoms with E-state index in [2.05, 4.69) is 10.6 Å². The highest BCUT2D eigenvalue weighted by Gasteiger charge is 2.41. The van der Waals surface area contributed by atoms with Crippen LogP contribution in [0, 0.1) is 13.8 Å². The molecule has 0 heterocycles. The number of ether oxygens (including phenoxy) is 1. The molecule has 1 aliphatic rings. The van der Waals surface area contributed by atoms with Crippen LogP contribution in [0.25, 0.3) is 0 Å². The van der Waals surface area contributed by atoms with Gasteiger partial charge in [0.05, 0.1) is 0 Å². The fourth-order valence-corrected chi connectivity index (χ4v) is 3.67. The molecule has 0 spiro atoms. The standard InChI is InChI=1S/C26H33N3O5/c1-16-8-6-7-9-20(16)28-24(32)23(18-10-13-21(30)17(2)14-18)29(19-11-12-19)22(31)15-27-25(33)34-26(3,4)5/h6-10,13-14,19,23,30H,11-12,15H2,1-5H3,(H,27,33)(H,28,32). The minimum absolute atomic E-state index is 0.109. The van der Waals surface area contributed by atoms with Crippen LogP contribution in [-0.2, 0) is 14.3 Å². The average Bonchev–Trinajstić information content (AvgIpc) is 3.57. The van der Waals surface area contributed by atoms with Crippen molar-refractivity contribution >= 4 is 23.6 Å². The number of aromatic hydroxyl groups is 1. The number of para-hydroxylation sites is 1. The smallest absolute Gasteiger partial charge is 0.408 e. The van der Waals surface area contributed by atoms with Crippen molar-refractivity contribution in [1.82, 2.24) is 10.2 Å². The lowest BCUT2D eigenvalue weighted by molar-refractivity contribution is -0.138. The third kappa shape index (κ3) is 6.50. The molecule has 0 radical (unpaired) electrons. The molecule has 8 nitrogen and oxygen atoms in total. The number of benzene rings is 2. The number of alkyl carbamates (subject to hydrolysis) is 1. The molecule has 3 amide bonds. The summed E-state index contributed by atoms with van der Waals surface area (Å²) in [5.41, 5.74) is 2.04. The lowest BCUT2D eigenvalue weighted by Gasteiger charge is -2.32. The van der Waals surface area contributed by atoms with E-state index in [-0.39, 0.29) is 30.2 Å². The molecule has 0 bridgehead atoms. The van der Waals surface area contributed by atoms with Crippen LogP contribution in [0.5, 0.6) is 5.75 Å². The van der Waals surface area contributed by atoms with Crippen LogP contribution in [-0.4, -0.2) is 46.1 Å². The van der Waals surface area contributed by atoms with Crippen molar-refractivity contribution in [2.75, 3.05) is 11.9 Å². The van der Waals surface area contributed by atoms with Gasteiger partial charge in [0.2, 0.25) is 5.91 Å². The van der Waals surface area contributed by atoms with E-state index in [9.17, 15) is 19.5 Å². The van der Waals surface area contributed by atoms with Crippen LogP contribution in [0.2, 0.25) is 0 Å². The van der Waals surface area contributed by atoms with Gasteiger partial charge in [0.25, 0.3) is 5.91 Å². The summed E-state index contributed by atoms with van der Waals surface area (Å²) in [6.07, 6.45) is 0.838. The first-order chi connectivity index (χ1) is 16.0. The maximum atomic E-state index is 13.6. The normalized spacial score (nSPS) is 14.1. The van der Waals surface area contributed by atoms with Crippen molar-refractivity contribution in [3.8, 4) is 5.75 Å². The molecule has 0 aliphatic heterocycles. The Balaban J connectivity index is 1.89. The SMILES string of the molecule is Cc1cc(C(C(=O)Nc2ccccc2C)N(C(=O)CNC(=O)OC(C)(C)C)C2CC2)ccc1O. The maximum absolute atomic E-state index is 13.6. The molecule has 182 valence electrons. The summed E-state index contributed by atoms with van der Waals surface area (Å²) < 4.78 is 5.23. The van der Waals surface area contributed by atoms with E-state index in [1.807, 2.05) is 25.1 Å². The van der Waals surface area contributed by atoms with Crippen LogP contribution in [0.3, 0.4) is 0 Å². The summed E-state index contributed by atoms with van der Waals surface area (Å²) in [5.74, 6) is -0.640. The number of phenolic OH excluding ortho intramolecular Hbond substituents is 1. The van der Waals surface area contributed by atoms with Crippen molar-refractivity contribution in [2.24, 2.45) is 0 Å². The Morgan fingerprint density at radius 3 is 2.35 bits per heavy atom. The molecule has 1 saturated carbocycles. The molecule has 2 aromatic carbocycles. The number of phenols is 1. The zero-order chi connectivity index (χ0) is 25.0. The topological polar surface area (TPSA) is 108 Å². The van der Waals surface area contributed by atoms with E-state index in [1.54, 1.807) is 45.9 Å². The first-order valence-electron chi connectivity index (χ1n) is 11.4. The summed E-state index contributed by atoms with van der Waals surface area (Å²) in [4.78, 5) is 40.5. The molecule has 8 heteroatoms. The Bertz CT molecular complexity index is 1070. The fourth-order valence-electron chi connectivity index (χ4n) is 3.67. The summed E-state index contributed by atoms with van der Waals surface area (Å²) in [6, 6.07) is 11.2. The van der Waals surface area contributed by atoms with Gasteiger partial charge in [-0.05, 0) is 82.3 Å². The molecule has 0 aromatic heterocycles. The molecular formula is C26H33N3O5. The minimum atomic E-state index is -0.931. The van der Waals surface area contributed by atoms with Crippen molar-refractivity contribution in [2.45, 2.75) is 65.1 Å². The van der Waals surface area contributed by atoms with Gasteiger partial charge in [-0.1, -0.05) is 24.3 Å². The Hall–Kier alpha value is -3.55. The summed E-state index contributed by atoms with van der Waals surface area (Å²) >= 11 is 0. The van der Waals surface area contributed by atoms with E-state index < -0.39 is 17.7 Å². The number of aryl methyl sites for hydroxylation is 2. The van der Waals surface area contributed by atoms with Gasteiger partial charge in [0.1, 0.15) is 23.9 Å². The lowest BCUT2D eigenvalue weighted by atomic mass is 10.0. The molecule has 1 fully saturated rings. The van der Waals surface area contributed by atoms with E-state index in [4.69, 9.17) is 4.74 Å². The predicted octanol–water partition coefficient (Wildman–Crippen LogP) is 4.20. The van der Waals surface area contributed by atoms with Gasteiger partial charge in [-0.2, -0.15) is 0 Å². The highest BCUT2D eigenvalue weighted by Crippen LogP contribution is 2.36. The number of hydrogen-bond acceptors (Lipinski definition) is 5. The van der Waals surface area contributed by atoms with Crippen LogP contribution < -0.4 is 10.6 Å².